The number of hydrogen-bond donors (Lipinski definition) is 2. The standard InChI is InChI=1S/C8H18N2O2S/c1-10-13(11,12)7-8(9)5-3-2-4-6-8/h10H,2-7,9H2,1H3. The molecule has 4 nitrogen and oxygen atoms in total. The molecule has 13 heavy (non-hydrogen) atoms. The molecule has 1 rings (SSSR count). The van der Waals surface area contributed by atoms with Gasteiger partial charge in [-0.1, -0.05) is 19.3 Å². The van der Waals surface area contributed by atoms with Crippen molar-refractivity contribution in [1.29, 1.82) is 0 Å². The van der Waals surface area contributed by atoms with E-state index >= 15 is 0 Å². The summed E-state index contributed by atoms with van der Waals surface area (Å²) in [5.41, 5.74) is 5.52. The zero-order chi connectivity index (χ0) is 9.95. The number of nitrogens with one attached hydrogen (secondary N) is 1. The number of rotatable bonds is 3. The van der Waals surface area contributed by atoms with Crippen LogP contribution in [-0.4, -0.2) is 26.8 Å². The summed E-state index contributed by atoms with van der Waals surface area (Å²) < 4.78 is 24.9. The van der Waals surface area contributed by atoms with E-state index < -0.39 is 15.6 Å². The number of sulfonamides is 1. The van der Waals surface area contributed by atoms with Gasteiger partial charge in [-0.3, -0.25) is 0 Å². The summed E-state index contributed by atoms with van der Waals surface area (Å²) in [6.07, 6.45) is 4.94. The number of hydrogen-bond acceptors (Lipinski definition) is 3. The average Bonchev–Trinajstić information content (AvgIpc) is 2.04. The van der Waals surface area contributed by atoms with Crippen molar-refractivity contribution >= 4 is 10.0 Å². The molecule has 0 atom stereocenters. The quantitative estimate of drug-likeness (QED) is 0.692. The summed E-state index contributed by atoms with van der Waals surface area (Å²) in [4.78, 5) is 0. The summed E-state index contributed by atoms with van der Waals surface area (Å²) in [7, 11) is -1.72. The van der Waals surface area contributed by atoms with Crippen molar-refractivity contribution < 1.29 is 8.42 Å². The first-order chi connectivity index (χ1) is 5.97. The van der Waals surface area contributed by atoms with Crippen LogP contribution in [0.15, 0.2) is 0 Å². The van der Waals surface area contributed by atoms with Gasteiger partial charge in [-0.15, -0.1) is 0 Å². The zero-order valence-corrected chi connectivity index (χ0v) is 8.86. The maximum atomic E-state index is 11.3. The molecule has 1 aliphatic carbocycles. The predicted molar refractivity (Wildman–Crippen MR) is 52.8 cm³/mol. The fraction of sp³-hybridized carbons (Fsp3) is 1.00. The third kappa shape index (κ3) is 3.25. The molecular formula is C8H18N2O2S. The van der Waals surface area contributed by atoms with E-state index in [4.69, 9.17) is 5.73 Å². The molecule has 78 valence electrons. The highest BCUT2D eigenvalue weighted by molar-refractivity contribution is 7.89. The predicted octanol–water partition coefficient (Wildman–Crippen LogP) is 0.197. The summed E-state index contributed by atoms with van der Waals surface area (Å²) in [6, 6.07) is 0. The van der Waals surface area contributed by atoms with Gasteiger partial charge in [0.25, 0.3) is 0 Å². The SMILES string of the molecule is CNS(=O)(=O)CC1(N)CCCCC1. The molecule has 0 aliphatic heterocycles. The fourth-order valence-corrected chi connectivity index (χ4v) is 3.04. The molecule has 0 aromatic heterocycles. The smallest absolute Gasteiger partial charge is 0.213 e. The Hall–Kier alpha value is -0.130. The van der Waals surface area contributed by atoms with Gasteiger partial charge in [0.2, 0.25) is 10.0 Å². The van der Waals surface area contributed by atoms with Gasteiger partial charge in [-0.25, -0.2) is 13.1 Å². The summed E-state index contributed by atoms with van der Waals surface area (Å²) in [6.45, 7) is 0. The van der Waals surface area contributed by atoms with Crippen LogP contribution in [0.1, 0.15) is 32.1 Å². The molecule has 0 saturated heterocycles. The minimum atomic E-state index is -3.15. The van der Waals surface area contributed by atoms with Gasteiger partial charge < -0.3 is 5.73 Å². The molecule has 0 heterocycles. The van der Waals surface area contributed by atoms with Crippen LogP contribution in [-0.2, 0) is 10.0 Å². The summed E-state index contributed by atoms with van der Waals surface area (Å²) in [5.74, 6) is 0.0660. The molecule has 0 radical (unpaired) electrons. The molecule has 1 aliphatic rings. The minimum Gasteiger partial charge on any atom is -0.324 e. The maximum absolute atomic E-state index is 11.3. The zero-order valence-electron chi connectivity index (χ0n) is 8.04. The van der Waals surface area contributed by atoms with E-state index in [0.29, 0.717) is 0 Å². The lowest BCUT2D eigenvalue weighted by Crippen LogP contribution is -2.49. The minimum absolute atomic E-state index is 0.0660. The van der Waals surface area contributed by atoms with Crippen LogP contribution < -0.4 is 10.5 Å². The van der Waals surface area contributed by atoms with Crippen molar-refractivity contribution in [3.63, 3.8) is 0 Å². The molecule has 3 N–H and O–H groups in total. The molecule has 0 unspecified atom stereocenters. The molecule has 0 spiro atoms. The van der Waals surface area contributed by atoms with Crippen LogP contribution >= 0.6 is 0 Å². The Bertz CT molecular complexity index is 255. The molecule has 0 bridgehead atoms. The van der Waals surface area contributed by atoms with Gasteiger partial charge >= 0.3 is 0 Å². The molecule has 5 heteroatoms. The Morgan fingerprint density at radius 2 is 1.85 bits per heavy atom. The van der Waals surface area contributed by atoms with Crippen LogP contribution in [0.3, 0.4) is 0 Å². The first-order valence-electron chi connectivity index (χ1n) is 4.68. The van der Waals surface area contributed by atoms with Crippen molar-refractivity contribution in [3.8, 4) is 0 Å². The van der Waals surface area contributed by atoms with Gasteiger partial charge in [-0.2, -0.15) is 0 Å². The summed E-state index contributed by atoms with van der Waals surface area (Å²) >= 11 is 0. The Morgan fingerprint density at radius 3 is 2.31 bits per heavy atom. The van der Waals surface area contributed by atoms with Crippen LogP contribution in [0.4, 0.5) is 0 Å². The van der Waals surface area contributed by atoms with Crippen LogP contribution in [0.5, 0.6) is 0 Å². The van der Waals surface area contributed by atoms with Gasteiger partial charge in [-0.05, 0) is 19.9 Å². The van der Waals surface area contributed by atoms with E-state index in [0.717, 1.165) is 25.7 Å². The normalized spacial score (nSPS) is 22.9. The fourth-order valence-electron chi connectivity index (χ4n) is 1.85. The molecule has 1 fully saturated rings. The van der Waals surface area contributed by atoms with E-state index in [9.17, 15) is 8.42 Å². The molecule has 0 aromatic rings. The highest BCUT2D eigenvalue weighted by Gasteiger charge is 2.32. The van der Waals surface area contributed by atoms with Crippen molar-refractivity contribution in [3.05, 3.63) is 0 Å². The van der Waals surface area contributed by atoms with Crippen LogP contribution in [0.25, 0.3) is 0 Å². The Balaban J connectivity index is 2.60. The topological polar surface area (TPSA) is 72.2 Å². The van der Waals surface area contributed by atoms with E-state index in [1.165, 1.54) is 13.5 Å². The maximum Gasteiger partial charge on any atom is 0.213 e. The Morgan fingerprint density at radius 1 is 1.31 bits per heavy atom. The third-order valence-corrected chi connectivity index (χ3v) is 4.21. The second-order valence-electron chi connectivity index (χ2n) is 3.89. The van der Waals surface area contributed by atoms with Crippen molar-refractivity contribution in [1.82, 2.24) is 4.72 Å². The molecular weight excluding hydrogens is 188 g/mol. The first kappa shape index (κ1) is 10.9. The van der Waals surface area contributed by atoms with Gasteiger partial charge in [0.1, 0.15) is 0 Å². The lowest BCUT2D eigenvalue weighted by molar-refractivity contribution is 0.323. The first-order valence-corrected chi connectivity index (χ1v) is 6.33. The van der Waals surface area contributed by atoms with Crippen molar-refractivity contribution in [2.75, 3.05) is 12.8 Å². The molecule has 0 amide bonds. The van der Waals surface area contributed by atoms with E-state index in [1.807, 2.05) is 0 Å². The lowest BCUT2D eigenvalue weighted by atomic mass is 9.84. The lowest BCUT2D eigenvalue weighted by Gasteiger charge is -2.32. The Labute approximate surface area is 79.9 Å². The highest BCUT2D eigenvalue weighted by Crippen LogP contribution is 2.26. The van der Waals surface area contributed by atoms with Gasteiger partial charge in [0.05, 0.1) is 5.75 Å². The number of nitrogens with two attached hydrogens (primary N) is 1. The van der Waals surface area contributed by atoms with E-state index in [-0.39, 0.29) is 5.75 Å². The van der Waals surface area contributed by atoms with E-state index in [1.54, 1.807) is 0 Å². The summed E-state index contributed by atoms with van der Waals surface area (Å²) in [5, 5.41) is 0. The second-order valence-corrected chi connectivity index (χ2v) is 5.81. The largest absolute Gasteiger partial charge is 0.324 e. The van der Waals surface area contributed by atoms with Gasteiger partial charge in [0.15, 0.2) is 0 Å². The van der Waals surface area contributed by atoms with Crippen LogP contribution in [0, 0.1) is 0 Å². The third-order valence-electron chi connectivity index (χ3n) is 2.64. The molecule has 1 saturated carbocycles. The van der Waals surface area contributed by atoms with Crippen LogP contribution in [0.2, 0.25) is 0 Å². The Kier molecular flexibility index (Phi) is 3.32. The van der Waals surface area contributed by atoms with Gasteiger partial charge in [0, 0.05) is 5.54 Å². The monoisotopic (exact) mass is 206 g/mol. The molecule has 0 aromatic carbocycles. The van der Waals surface area contributed by atoms with Crippen molar-refractivity contribution in [2.24, 2.45) is 5.73 Å². The average molecular weight is 206 g/mol. The second kappa shape index (κ2) is 3.94. The van der Waals surface area contributed by atoms with Crippen molar-refractivity contribution in [2.45, 2.75) is 37.6 Å². The van der Waals surface area contributed by atoms with E-state index in [2.05, 4.69) is 4.72 Å². The highest BCUT2D eigenvalue weighted by atomic mass is 32.2.